The standard InChI is InChI=1S/C23H30ClN3O3.HI/c1-28-20-7-6-17(14-21(20)29-2)8-11-26-22(25)27-16-23(9-12-30-13-10-23)18-4-3-5-19(24)15-18;/h3-7,14-15H,8-13,16H2,1-2H3,(H3,25,26,27);1H. The van der Waals surface area contributed by atoms with Gasteiger partial charge in [0, 0.05) is 30.2 Å². The number of hydrogen-bond donors (Lipinski definition) is 2. The van der Waals surface area contributed by atoms with E-state index in [4.69, 9.17) is 31.5 Å². The second-order valence-electron chi connectivity index (χ2n) is 7.47. The van der Waals surface area contributed by atoms with Crippen LogP contribution in [0.2, 0.25) is 5.02 Å². The third kappa shape index (κ3) is 6.89. The van der Waals surface area contributed by atoms with Gasteiger partial charge in [-0.1, -0.05) is 29.8 Å². The molecule has 3 rings (SSSR count). The summed E-state index contributed by atoms with van der Waals surface area (Å²) in [6, 6.07) is 13.9. The predicted molar refractivity (Wildman–Crippen MR) is 136 cm³/mol. The quantitative estimate of drug-likeness (QED) is 0.288. The molecular formula is C23H31ClIN3O3. The molecule has 0 aromatic heterocycles. The molecule has 0 aliphatic carbocycles. The Morgan fingerprint density at radius 1 is 1.13 bits per heavy atom. The van der Waals surface area contributed by atoms with Gasteiger partial charge >= 0.3 is 0 Å². The number of nitrogens with one attached hydrogen (secondary N) is 1. The summed E-state index contributed by atoms with van der Waals surface area (Å²) in [5.41, 5.74) is 8.39. The highest BCUT2D eigenvalue weighted by molar-refractivity contribution is 14.0. The Labute approximate surface area is 206 Å². The third-order valence-electron chi connectivity index (χ3n) is 5.61. The van der Waals surface area contributed by atoms with Crippen LogP contribution in [-0.4, -0.2) is 46.5 Å². The molecule has 1 aliphatic heterocycles. The maximum absolute atomic E-state index is 6.24. The van der Waals surface area contributed by atoms with Crippen molar-refractivity contribution in [3.63, 3.8) is 0 Å². The van der Waals surface area contributed by atoms with Gasteiger partial charge in [-0.3, -0.25) is 4.99 Å². The molecule has 8 heteroatoms. The molecule has 31 heavy (non-hydrogen) atoms. The van der Waals surface area contributed by atoms with Gasteiger partial charge in [-0.2, -0.15) is 0 Å². The average Bonchev–Trinajstić information content (AvgIpc) is 2.78. The number of guanidine groups is 1. The van der Waals surface area contributed by atoms with E-state index in [0.717, 1.165) is 41.3 Å². The summed E-state index contributed by atoms with van der Waals surface area (Å²) in [5.74, 6) is 1.89. The Morgan fingerprint density at radius 2 is 1.87 bits per heavy atom. The summed E-state index contributed by atoms with van der Waals surface area (Å²) in [5, 5.41) is 3.95. The van der Waals surface area contributed by atoms with Crippen molar-refractivity contribution >= 4 is 41.5 Å². The van der Waals surface area contributed by atoms with Crippen LogP contribution in [0.5, 0.6) is 11.5 Å². The number of benzene rings is 2. The molecule has 0 radical (unpaired) electrons. The molecule has 2 aromatic carbocycles. The molecule has 0 bridgehead atoms. The van der Waals surface area contributed by atoms with Gasteiger partial charge in [0.1, 0.15) is 0 Å². The van der Waals surface area contributed by atoms with Crippen LogP contribution < -0.4 is 20.5 Å². The van der Waals surface area contributed by atoms with Crippen molar-refractivity contribution in [2.24, 2.45) is 10.7 Å². The Hall–Kier alpha value is -1.71. The maximum Gasteiger partial charge on any atom is 0.188 e. The minimum absolute atomic E-state index is 0. The zero-order valence-electron chi connectivity index (χ0n) is 18.0. The van der Waals surface area contributed by atoms with E-state index in [9.17, 15) is 0 Å². The summed E-state index contributed by atoms with van der Waals surface area (Å²) in [4.78, 5) is 4.66. The summed E-state index contributed by atoms with van der Waals surface area (Å²) in [6.45, 7) is 2.72. The normalized spacial score (nSPS) is 15.6. The first-order valence-corrected chi connectivity index (χ1v) is 10.5. The van der Waals surface area contributed by atoms with Gasteiger partial charge in [-0.25, -0.2) is 0 Å². The van der Waals surface area contributed by atoms with Crippen LogP contribution in [0.25, 0.3) is 0 Å². The summed E-state index contributed by atoms with van der Waals surface area (Å²) < 4.78 is 16.2. The van der Waals surface area contributed by atoms with Crippen LogP contribution >= 0.6 is 35.6 Å². The lowest BCUT2D eigenvalue weighted by molar-refractivity contribution is 0.0531. The van der Waals surface area contributed by atoms with E-state index in [1.54, 1.807) is 14.2 Å². The van der Waals surface area contributed by atoms with Crippen molar-refractivity contribution in [3.05, 3.63) is 58.6 Å². The third-order valence-corrected chi connectivity index (χ3v) is 5.84. The van der Waals surface area contributed by atoms with Crippen molar-refractivity contribution in [3.8, 4) is 11.5 Å². The first kappa shape index (κ1) is 25.5. The maximum atomic E-state index is 6.24. The van der Waals surface area contributed by atoms with E-state index in [1.807, 2.05) is 36.4 Å². The zero-order chi connectivity index (χ0) is 21.4. The van der Waals surface area contributed by atoms with Gasteiger partial charge in [0.25, 0.3) is 0 Å². The van der Waals surface area contributed by atoms with Gasteiger partial charge in [0.05, 0.1) is 20.8 Å². The number of hydrogen-bond acceptors (Lipinski definition) is 4. The first-order chi connectivity index (χ1) is 14.6. The molecule has 170 valence electrons. The second-order valence-corrected chi connectivity index (χ2v) is 7.91. The van der Waals surface area contributed by atoms with Crippen LogP contribution in [0.15, 0.2) is 47.5 Å². The van der Waals surface area contributed by atoms with E-state index >= 15 is 0 Å². The molecule has 6 nitrogen and oxygen atoms in total. The van der Waals surface area contributed by atoms with E-state index in [0.29, 0.717) is 32.3 Å². The molecule has 1 heterocycles. The Bertz CT molecular complexity index is 873. The van der Waals surface area contributed by atoms with Crippen LogP contribution in [0.3, 0.4) is 0 Å². The van der Waals surface area contributed by atoms with Crippen molar-refractivity contribution < 1.29 is 14.2 Å². The van der Waals surface area contributed by atoms with Crippen molar-refractivity contribution in [2.45, 2.75) is 24.7 Å². The van der Waals surface area contributed by atoms with Crippen LogP contribution in [0, 0.1) is 0 Å². The predicted octanol–water partition coefficient (Wildman–Crippen LogP) is 4.17. The first-order valence-electron chi connectivity index (χ1n) is 10.1. The minimum atomic E-state index is -0.0984. The molecule has 3 N–H and O–H groups in total. The number of rotatable bonds is 8. The molecular weight excluding hydrogens is 529 g/mol. The van der Waals surface area contributed by atoms with Crippen LogP contribution in [0.4, 0.5) is 0 Å². The minimum Gasteiger partial charge on any atom is -0.493 e. The Morgan fingerprint density at radius 3 is 2.55 bits per heavy atom. The molecule has 1 aliphatic rings. The van der Waals surface area contributed by atoms with E-state index in [1.165, 1.54) is 5.56 Å². The highest BCUT2D eigenvalue weighted by Gasteiger charge is 2.34. The average molecular weight is 560 g/mol. The highest BCUT2D eigenvalue weighted by atomic mass is 127. The van der Waals surface area contributed by atoms with Gasteiger partial charge in [-0.05, 0) is 54.7 Å². The number of aliphatic imine (C=N–C) groups is 1. The van der Waals surface area contributed by atoms with Gasteiger partial charge in [0.15, 0.2) is 17.5 Å². The van der Waals surface area contributed by atoms with Gasteiger partial charge < -0.3 is 25.3 Å². The van der Waals surface area contributed by atoms with Crippen LogP contribution in [-0.2, 0) is 16.6 Å². The smallest absolute Gasteiger partial charge is 0.188 e. The lowest BCUT2D eigenvalue weighted by Gasteiger charge is -2.36. The van der Waals surface area contributed by atoms with Crippen molar-refractivity contribution in [1.29, 1.82) is 0 Å². The molecule has 0 unspecified atom stereocenters. The van der Waals surface area contributed by atoms with E-state index < -0.39 is 0 Å². The summed E-state index contributed by atoms with van der Waals surface area (Å²) in [6.07, 6.45) is 2.59. The fourth-order valence-corrected chi connectivity index (χ4v) is 3.97. The SMILES string of the molecule is COc1ccc(CCNC(N)=NCC2(c3cccc(Cl)c3)CCOCC2)cc1OC.I. The van der Waals surface area contributed by atoms with Crippen molar-refractivity contribution in [1.82, 2.24) is 5.32 Å². The Kier molecular flexibility index (Phi) is 10.2. The number of methoxy groups -OCH3 is 2. The number of halogens is 2. The number of nitrogens with zero attached hydrogens (tertiary/aromatic N) is 1. The Balaban J connectivity index is 0.00000341. The molecule has 2 aromatic rings. The molecule has 0 atom stereocenters. The fourth-order valence-electron chi connectivity index (χ4n) is 3.78. The molecule has 0 spiro atoms. The molecule has 1 fully saturated rings. The zero-order valence-corrected chi connectivity index (χ0v) is 21.1. The molecule has 0 saturated carbocycles. The monoisotopic (exact) mass is 559 g/mol. The fraction of sp³-hybridized carbons (Fsp3) is 0.435. The van der Waals surface area contributed by atoms with Crippen molar-refractivity contribution in [2.75, 3.05) is 40.5 Å². The number of ether oxygens (including phenoxy) is 3. The molecule has 0 amide bonds. The number of nitrogens with two attached hydrogens (primary N) is 1. The lowest BCUT2D eigenvalue weighted by atomic mass is 9.74. The largest absolute Gasteiger partial charge is 0.493 e. The highest BCUT2D eigenvalue weighted by Crippen LogP contribution is 2.36. The topological polar surface area (TPSA) is 78.1 Å². The van der Waals surface area contributed by atoms with E-state index in [-0.39, 0.29) is 29.4 Å². The van der Waals surface area contributed by atoms with Gasteiger partial charge in [0.2, 0.25) is 0 Å². The van der Waals surface area contributed by atoms with Gasteiger partial charge in [-0.15, -0.1) is 24.0 Å². The summed E-state index contributed by atoms with van der Waals surface area (Å²) in [7, 11) is 3.27. The summed E-state index contributed by atoms with van der Waals surface area (Å²) >= 11 is 6.24. The van der Waals surface area contributed by atoms with E-state index in [2.05, 4.69) is 16.4 Å². The molecule has 1 saturated heterocycles. The lowest BCUT2D eigenvalue weighted by Crippen LogP contribution is -2.39. The second kappa shape index (κ2) is 12.4. The van der Waals surface area contributed by atoms with Crippen LogP contribution in [0.1, 0.15) is 24.0 Å².